The van der Waals surface area contributed by atoms with Gasteiger partial charge in [0.25, 0.3) is 0 Å². The number of aromatic nitrogens is 2. The summed E-state index contributed by atoms with van der Waals surface area (Å²) in [7, 11) is -0.459. The Hall–Kier alpha value is -2.72. The summed E-state index contributed by atoms with van der Waals surface area (Å²) in [6, 6.07) is 15.0. The number of likely N-dealkylation sites (tertiary alicyclic amines) is 1. The lowest BCUT2D eigenvalue weighted by atomic mass is 9.70. The molecule has 9 heteroatoms. The van der Waals surface area contributed by atoms with Crippen LogP contribution in [0.5, 0.6) is 5.75 Å². The number of rotatable bonds is 10. The van der Waals surface area contributed by atoms with Gasteiger partial charge < -0.3 is 18.8 Å². The highest BCUT2D eigenvalue weighted by molar-refractivity contribution is 6.56. The van der Waals surface area contributed by atoms with E-state index < -0.39 is 18.3 Å². The van der Waals surface area contributed by atoms with Gasteiger partial charge >= 0.3 is 7.12 Å². The van der Waals surface area contributed by atoms with E-state index in [4.69, 9.17) is 23.9 Å². The van der Waals surface area contributed by atoms with Crippen LogP contribution in [-0.2, 0) is 14.0 Å². The number of hydrogen-bond acceptors (Lipinski definition) is 6. The second kappa shape index (κ2) is 13.0. The van der Waals surface area contributed by atoms with Crippen LogP contribution in [0.15, 0.2) is 54.1 Å². The molecule has 3 saturated heterocycles. The average molecular weight is 604 g/mol. The highest BCUT2D eigenvalue weighted by atomic mass is 19.1. The maximum Gasteiger partial charge on any atom is 0.491 e. The van der Waals surface area contributed by atoms with Crippen molar-refractivity contribution in [2.75, 3.05) is 32.9 Å². The molecular weight excluding hydrogens is 556 g/mol. The molecule has 0 spiro atoms. The fourth-order valence-corrected chi connectivity index (χ4v) is 6.61. The molecule has 2 atom stereocenters. The molecule has 3 aliphatic heterocycles. The molecule has 236 valence electrons. The Morgan fingerprint density at radius 1 is 1.02 bits per heavy atom. The van der Waals surface area contributed by atoms with Gasteiger partial charge in [-0.1, -0.05) is 25.1 Å². The smallest absolute Gasteiger partial charge is 0.489 e. The Morgan fingerprint density at radius 2 is 1.77 bits per heavy atom. The minimum Gasteiger partial charge on any atom is -0.489 e. The SMILES string of the molecule is CC/C(B1OC(C)(C)C(C)(C)O1)=C(/c1ccc(OC2CCN(CCCF)C2)cc1)c1ccc2c(cnn2C2CCCCO2)c1. The molecule has 0 radical (unpaired) electrons. The summed E-state index contributed by atoms with van der Waals surface area (Å²) in [4.78, 5) is 2.29. The van der Waals surface area contributed by atoms with Crippen molar-refractivity contribution in [3.05, 3.63) is 65.3 Å². The van der Waals surface area contributed by atoms with Crippen LogP contribution < -0.4 is 4.74 Å². The van der Waals surface area contributed by atoms with E-state index in [2.05, 4.69) is 82.0 Å². The van der Waals surface area contributed by atoms with Gasteiger partial charge in [-0.05, 0) is 113 Å². The molecule has 0 aliphatic carbocycles. The van der Waals surface area contributed by atoms with Gasteiger partial charge in [-0.25, -0.2) is 4.68 Å². The maximum atomic E-state index is 12.6. The van der Waals surface area contributed by atoms with Gasteiger partial charge in [0.1, 0.15) is 11.9 Å². The highest BCUT2D eigenvalue weighted by Gasteiger charge is 2.52. The molecule has 3 fully saturated rings. The third kappa shape index (κ3) is 6.34. The first-order valence-electron chi connectivity index (χ1n) is 16.4. The largest absolute Gasteiger partial charge is 0.491 e. The third-order valence-corrected chi connectivity index (χ3v) is 9.84. The van der Waals surface area contributed by atoms with E-state index in [0.717, 1.165) is 97.2 Å². The van der Waals surface area contributed by atoms with E-state index in [1.165, 1.54) is 0 Å². The zero-order valence-corrected chi connectivity index (χ0v) is 27.0. The first-order valence-corrected chi connectivity index (χ1v) is 16.4. The van der Waals surface area contributed by atoms with Crippen molar-refractivity contribution in [2.45, 2.75) is 96.7 Å². The molecule has 0 N–H and O–H groups in total. The van der Waals surface area contributed by atoms with Crippen molar-refractivity contribution in [1.82, 2.24) is 14.7 Å². The molecule has 2 aromatic carbocycles. The lowest BCUT2D eigenvalue weighted by Crippen LogP contribution is -2.41. The van der Waals surface area contributed by atoms with Crippen LogP contribution >= 0.6 is 0 Å². The van der Waals surface area contributed by atoms with E-state index >= 15 is 0 Å². The maximum absolute atomic E-state index is 12.6. The number of allylic oxidation sites excluding steroid dienone is 1. The molecule has 3 aromatic rings. The second-order valence-corrected chi connectivity index (χ2v) is 13.4. The van der Waals surface area contributed by atoms with Gasteiger partial charge in [0.05, 0.1) is 29.6 Å². The number of halogens is 1. The summed E-state index contributed by atoms with van der Waals surface area (Å²) in [6.07, 6.45) is 7.62. The number of alkyl halides is 1. The van der Waals surface area contributed by atoms with E-state index in [9.17, 15) is 4.39 Å². The number of fused-ring (bicyclic) bond motifs is 1. The summed E-state index contributed by atoms with van der Waals surface area (Å²) < 4.78 is 40.3. The minimum atomic E-state index is -0.459. The number of hydrogen-bond donors (Lipinski definition) is 0. The average Bonchev–Trinajstić information content (AvgIpc) is 3.70. The highest BCUT2D eigenvalue weighted by Crippen LogP contribution is 2.42. The number of benzene rings is 2. The van der Waals surface area contributed by atoms with E-state index in [-0.39, 0.29) is 19.0 Å². The Kier molecular flexibility index (Phi) is 9.21. The fraction of sp³-hybridized carbons (Fsp3) is 0.571. The second-order valence-electron chi connectivity index (χ2n) is 13.4. The van der Waals surface area contributed by atoms with E-state index in [0.29, 0.717) is 6.42 Å². The van der Waals surface area contributed by atoms with Crippen molar-refractivity contribution in [3.63, 3.8) is 0 Å². The summed E-state index contributed by atoms with van der Waals surface area (Å²) in [5, 5.41) is 5.82. The quantitative estimate of drug-likeness (QED) is 0.225. The summed E-state index contributed by atoms with van der Waals surface area (Å²) in [5.74, 6) is 0.850. The van der Waals surface area contributed by atoms with Gasteiger partial charge in [-0.15, -0.1) is 0 Å². The van der Waals surface area contributed by atoms with Gasteiger partial charge in [0.2, 0.25) is 0 Å². The van der Waals surface area contributed by atoms with Crippen molar-refractivity contribution in [3.8, 4) is 5.75 Å². The van der Waals surface area contributed by atoms with Gasteiger partial charge in [0.15, 0.2) is 6.23 Å². The normalized spacial score (nSPS) is 24.2. The Bertz CT molecular complexity index is 1450. The molecule has 0 bridgehead atoms. The molecule has 2 unspecified atom stereocenters. The predicted molar refractivity (Wildman–Crippen MR) is 173 cm³/mol. The lowest BCUT2D eigenvalue weighted by molar-refractivity contribution is -0.0366. The molecule has 0 saturated carbocycles. The Balaban J connectivity index is 1.33. The van der Waals surface area contributed by atoms with Crippen LogP contribution in [0.4, 0.5) is 4.39 Å². The van der Waals surface area contributed by atoms with Crippen LogP contribution in [0.1, 0.15) is 90.5 Å². The van der Waals surface area contributed by atoms with E-state index in [1.54, 1.807) is 0 Å². The molecule has 1 aromatic heterocycles. The van der Waals surface area contributed by atoms with Crippen molar-refractivity contribution < 1.29 is 23.2 Å². The monoisotopic (exact) mass is 603 g/mol. The molecule has 6 rings (SSSR count). The van der Waals surface area contributed by atoms with Crippen LogP contribution in [0.3, 0.4) is 0 Å². The van der Waals surface area contributed by atoms with Crippen molar-refractivity contribution in [2.24, 2.45) is 0 Å². The Morgan fingerprint density at radius 3 is 2.45 bits per heavy atom. The van der Waals surface area contributed by atoms with Crippen molar-refractivity contribution in [1.29, 1.82) is 0 Å². The van der Waals surface area contributed by atoms with E-state index in [1.807, 2.05) is 10.9 Å². The number of ether oxygens (including phenoxy) is 2. The first kappa shape index (κ1) is 31.3. The predicted octanol–water partition coefficient (Wildman–Crippen LogP) is 7.39. The van der Waals surface area contributed by atoms with Crippen LogP contribution in [0.2, 0.25) is 0 Å². The number of nitrogens with zero attached hydrogens (tertiary/aromatic N) is 3. The van der Waals surface area contributed by atoms with Gasteiger partial charge in [-0.3, -0.25) is 9.29 Å². The van der Waals surface area contributed by atoms with Crippen LogP contribution in [0, 0.1) is 0 Å². The zero-order chi connectivity index (χ0) is 30.9. The van der Waals surface area contributed by atoms with Gasteiger partial charge in [-0.2, -0.15) is 5.10 Å². The zero-order valence-electron chi connectivity index (χ0n) is 27.0. The molecule has 7 nitrogen and oxygen atoms in total. The lowest BCUT2D eigenvalue weighted by Gasteiger charge is -2.32. The first-order chi connectivity index (χ1) is 21.2. The third-order valence-electron chi connectivity index (χ3n) is 9.84. The molecule has 44 heavy (non-hydrogen) atoms. The summed E-state index contributed by atoms with van der Waals surface area (Å²) >= 11 is 0. The molecule has 4 heterocycles. The Labute approximate surface area is 261 Å². The molecular formula is C35H47BFN3O4. The van der Waals surface area contributed by atoms with Gasteiger partial charge in [0, 0.05) is 31.6 Å². The molecule has 0 amide bonds. The topological polar surface area (TPSA) is 58.0 Å². The van der Waals surface area contributed by atoms with Crippen LogP contribution in [-0.4, -0.2) is 72.0 Å². The summed E-state index contributed by atoms with van der Waals surface area (Å²) in [5.41, 5.74) is 4.60. The summed E-state index contributed by atoms with van der Waals surface area (Å²) in [6.45, 7) is 13.7. The standard InChI is InChI=1S/C35H47BFN3O4/c1-6-30(36-43-34(2,3)35(4,5)44-36)33(25-11-14-28(15-12-25)42-29-17-20-39(24-29)19-9-18-37)26-13-16-31-27(22-26)23-38-40(31)32-10-7-8-21-41-32/h11-16,22-23,29,32H,6-10,17-21,24H2,1-5H3/b33-30+. The minimum absolute atomic E-state index is 0.0127. The van der Waals surface area contributed by atoms with Crippen LogP contribution in [0.25, 0.3) is 16.5 Å². The molecule has 3 aliphatic rings. The van der Waals surface area contributed by atoms with Crippen molar-refractivity contribution >= 4 is 23.6 Å². The fourth-order valence-electron chi connectivity index (χ4n) is 6.61.